The Balaban J connectivity index is 1.13. The number of carbonyl (C=O) groups is 1. The summed E-state index contributed by atoms with van der Waals surface area (Å²) in [5, 5.41) is 10.4. The number of carboxylic acid groups (broad SMARTS) is 1. The first-order valence-corrected chi connectivity index (χ1v) is 15.9. The molecule has 7 heteroatoms. The van der Waals surface area contributed by atoms with Crippen LogP contribution in [0, 0.1) is 24.6 Å². The zero-order valence-corrected chi connectivity index (χ0v) is 24.2. The molecule has 3 aromatic rings. The van der Waals surface area contributed by atoms with Crippen LogP contribution in [0.25, 0.3) is 11.0 Å². The maximum absolute atomic E-state index is 14.4. The Morgan fingerprint density at radius 2 is 1.73 bits per heavy atom. The lowest BCUT2D eigenvalue weighted by molar-refractivity contribution is -0.145. The topological polar surface area (TPSA) is 61.6 Å². The predicted molar refractivity (Wildman–Crippen MR) is 158 cm³/mol. The van der Waals surface area contributed by atoms with Crippen molar-refractivity contribution in [3.8, 4) is 0 Å². The van der Waals surface area contributed by atoms with Gasteiger partial charge >= 0.3 is 5.97 Å². The summed E-state index contributed by atoms with van der Waals surface area (Å²) in [6, 6.07) is 16.6. The molecule has 1 aromatic heterocycles. The van der Waals surface area contributed by atoms with Gasteiger partial charge in [-0.2, -0.15) is 0 Å². The number of likely N-dealkylation sites (tertiary alicyclic amines) is 1. The van der Waals surface area contributed by atoms with Gasteiger partial charge in [-0.25, -0.2) is 9.37 Å². The van der Waals surface area contributed by atoms with Gasteiger partial charge in [-0.1, -0.05) is 43.5 Å². The van der Waals surface area contributed by atoms with Gasteiger partial charge in [0.05, 0.1) is 11.0 Å². The van der Waals surface area contributed by atoms with Crippen LogP contribution < -0.4 is 0 Å². The maximum atomic E-state index is 14.4. The molecule has 7 rings (SSSR count). The summed E-state index contributed by atoms with van der Waals surface area (Å²) in [6.45, 7) is 4.57. The largest absolute Gasteiger partial charge is 0.480 e. The molecule has 0 amide bonds. The van der Waals surface area contributed by atoms with E-state index in [9.17, 15) is 14.3 Å². The second-order valence-electron chi connectivity index (χ2n) is 13.3. The molecule has 6 nitrogen and oxygen atoms in total. The lowest BCUT2D eigenvalue weighted by Gasteiger charge is -2.42. The van der Waals surface area contributed by atoms with Crippen LogP contribution in [0.5, 0.6) is 0 Å². The first-order chi connectivity index (χ1) is 20.0. The first-order valence-electron chi connectivity index (χ1n) is 15.9. The Hall–Kier alpha value is -2.77. The van der Waals surface area contributed by atoms with E-state index >= 15 is 0 Å². The highest BCUT2D eigenvalue weighted by molar-refractivity contribution is 5.76. The highest BCUT2D eigenvalue weighted by atomic mass is 19.1. The minimum atomic E-state index is -0.681. The fourth-order valence-corrected chi connectivity index (χ4v) is 9.19. The Labute approximate surface area is 242 Å². The molecule has 1 aliphatic carbocycles. The number of imidazole rings is 1. The molecule has 2 aromatic carbocycles. The van der Waals surface area contributed by atoms with Gasteiger partial charge in [-0.15, -0.1) is 0 Å². The number of aromatic nitrogens is 2. The van der Waals surface area contributed by atoms with Crippen LogP contribution in [0.1, 0.15) is 81.1 Å². The second kappa shape index (κ2) is 11.1. The van der Waals surface area contributed by atoms with Crippen molar-refractivity contribution in [3.05, 3.63) is 65.7 Å². The zero-order valence-electron chi connectivity index (χ0n) is 24.2. The summed E-state index contributed by atoms with van der Waals surface area (Å²) >= 11 is 0. The van der Waals surface area contributed by atoms with E-state index in [0.29, 0.717) is 24.7 Å². The molecule has 3 aliphatic heterocycles. The van der Waals surface area contributed by atoms with Gasteiger partial charge in [0.25, 0.3) is 0 Å². The van der Waals surface area contributed by atoms with Crippen LogP contribution in [-0.2, 0) is 4.79 Å². The number of benzene rings is 2. The van der Waals surface area contributed by atoms with E-state index < -0.39 is 12.0 Å². The number of hydrogen-bond acceptors (Lipinski definition) is 4. The molecule has 3 saturated heterocycles. The number of halogens is 1. The van der Waals surface area contributed by atoms with E-state index in [1.165, 1.54) is 30.8 Å². The van der Waals surface area contributed by atoms with Gasteiger partial charge in [0, 0.05) is 43.7 Å². The van der Waals surface area contributed by atoms with Crippen LogP contribution in [0.4, 0.5) is 4.39 Å². The molecule has 0 spiro atoms. The average Bonchev–Trinajstić information content (AvgIpc) is 3.59. The number of aliphatic carboxylic acids is 1. The number of hydrogen-bond donors (Lipinski definition) is 1. The molecule has 1 saturated carbocycles. The molecule has 4 aliphatic rings. The standard InChI is InChI=1S/C34H43FN4O2/c1-22-36-31-12-5-6-13-32(31)39(22)29-17-27-14-15-28(18-29)38(27)20-25-19-37(21-30(25)24-10-7-11-26(35)16-24)33(34(40)41)23-8-3-2-4-9-23/h5-7,10-13,16,23,25,27-30,33H,2-4,8-9,14-15,17-21H2,1H3,(H,40,41)/t25-,27-,28+,29-,30-,33-/m1/s1. The molecular formula is C34H43FN4O2. The first kappa shape index (κ1) is 27.1. The smallest absolute Gasteiger partial charge is 0.321 e. The predicted octanol–water partition coefficient (Wildman–Crippen LogP) is 6.40. The molecule has 0 unspecified atom stereocenters. The van der Waals surface area contributed by atoms with E-state index in [4.69, 9.17) is 4.98 Å². The van der Waals surface area contributed by atoms with Crippen molar-refractivity contribution in [2.45, 2.75) is 94.8 Å². The summed E-state index contributed by atoms with van der Waals surface area (Å²) in [5.74, 6) is 0.869. The van der Waals surface area contributed by atoms with Gasteiger partial charge in [-0.05, 0) is 87.1 Å². The van der Waals surface area contributed by atoms with Crippen LogP contribution in [0.2, 0.25) is 0 Å². The summed E-state index contributed by atoms with van der Waals surface area (Å²) in [5.41, 5.74) is 3.34. The van der Waals surface area contributed by atoms with Gasteiger partial charge in [0.2, 0.25) is 0 Å². The number of rotatable bonds is 7. The highest BCUT2D eigenvalue weighted by Crippen LogP contribution is 2.45. The third kappa shape index (κ3) is 5.10. The third-order valence-corrected chi connectivity index (χ3v) is 10.9. The van der Waals surface area contributed by atoms with E-state index in [-0.39, 0.29) is 23.6 Å². The zero-order chi connectivity index (χ0) is 28.1. The van der Waals surface area contributed by atoms with Crippen molar-refractivity contribution >= 4 is 17.0 Å². The SMILES string of the molecule is Cc1nc2ccccc2n1[C@@H]1C[C@H]2CC[C@@H](C1)N2C[C@H]1CN([C@@H](C(=O)O)C2CCCCC2)C[C@@H]1c1cccc(F)c1. The number of carboxylic acids is 1. The Morgan fingerprint density at radius 3 is 2.46 bits per heavy atom. The fourth-order valence-electron chi connectivity index (χ4n) is 9.19. The maximum Gasteiger partial charge on any atom is 0.321 e. The van der Waals surface area contributed by atoms with Crippen LogP contribution in [0.15, 0.2) is 48.5 Å². The van der Waals surface area contributed by atoms with Gasteiger partial charge in [-0.3, -0.25) is 14.6 Å². The van der Waals surface area contributed by atoms with Crippen molar-refractivity contribution in [1.82, 2.24) is 19.4 Å². The van der Waals surface area contributed by atoms with Crippen molar-refractivity contribution < 1.29 is 14.3 Å². The lowest BCUT2D eigenvalue weighted by atomic mass is 9.83. The number of para-hydroxylation sites is 2. The summed E-state index contributed by atoms with van der Waals surface area (Å²) in [4.78, 5) is 22.5. The van der Waals surface area contributed by atoms with Gasteiger partial charge in [0.15, 0.2) is 0 Å². The molecule has 4 fully saturated rings. The number of piperidine rings is 1. The molecule has 4 heterocycles. The molecular weight excluding hydrogens is 515 g/mol. The summed E-state index contributed by atoms with van der Waals surface area (Å²) in [6.07, 6.45) is 10.2. The number of fused-ring (bicyclic) bond motifs is 3. The molecule has 0 radical (unpaired) electrons. The third-order valence-electron chi connectivity index (χ3n) is 10.9. The molecule has 2 bridgehead atoms. The van der Waals surface area contributed by atoms with Gasteiger partial charge in [0.1, 0.15) is 17.7 Å². The molecule has 6 atom stereocenters. The number of aryl methyl sites for hydroxylation is 1. The van der Waals surface area contributed by atoms with Crippen molar-refractivity contribution in [3.63, 3.8) is 0 Å². The van der Waals surface area contributed by atoms with Crippen LogP contribution in [-0.4, -0.2) is 68.2 Å². The molecule has 41 heavy (non-hydrogen) atoms. The van der Waals surface area contributed by atoms with Crippen LogP contribution >= 0.6 is 0 Å². The van der Waals surface area contributed by atoms with Crippen molar-refractivity contribution in [2.75, 3.05) is 19.6 Å². The Bertz CT molecular complexity index is 1390. The van der Waals surface area contributed by atoms with E-state index in [1.54, 1.807) is 6.07 Å². The quantitative estimate of drug-likeness (QED) is 0.364. The second-order valence-corrected chi connectivity index (χ2v) is 13.3. The Kier molecular flexibility index (Phi) is 7.36. The fraction of sp³-hybridized carbons (Fsp3) is 0.588. The van der Waals surface area contributed by atoms with E-state index in [0.717, 1.165) is 68.5 Å². The average molecular weight is 559 g/mol. The minimum absolute atomic E-state index is 0.146. The number of nitrogens with zero attached hydrogens (tertiary/aromatic N) is 4. The van der Waals surface area contributed by atoms with E-state index in [2.05, 4.69) is 51.6 Å². The highest BCUT2D eigenvalue weighted by Gasteiger charge is 2.47. The summed E-state index contributed by atoms with van der Waals surface area (Å²) in [7, 11) is 0. The molecule has 218 valence electrons. The monoisotopic (exact) mass is 558 g/mol. The van der Waals surface area contributed by atoms with Crippen molar-refractivity contribution in [2.24, 2.45) is 11.8 Å². The Morgan fingerprint density at radius 1 is 0.976 bits per heavy atom. The minimum Gasteiger partial charge on any atom is -0.480 e. The molecule has 1 N–H and O–H groups in total. The van der Waals surface area contributed by atoms with Crippen molar-refractivity contribution in [1.29, 1.82) is 0 Å². The normalized spacial score (nSPS) is 30.2. The summed E-state index contributed by atoms with van der Waals surface area (Å²) < 4.78 is 16.9. The van der Waals surface area contributed by atoms with Crippen LogP contribution in [0.3, 0.4) is 0 Å². The lowest BCUT2D eigenvalue weighted by Crippen LogP contribution is -2.48. The van der Waals surface area contributed by atoms with Gasteiger partial charge < -0.3 is 9.67 Å². The van der Waals surface area contributed by atoms with E-state index in [1.807, 2.05) is 6.07 Å².